The van der Waals surface area contributed by atoms with Gasteiger partial charge in [0.25, 0.3) is 0 Å². The number of rotatable bonds is 7. The first-order chi connectivity index (χ1) is 10.0. The smallest absolute Gasteiger partial charge is 0.313 e. The first-order valence-electron chi connectivity index (χ1n) is 7.29. The van der Waals surface area contributed by atoms with Crippen LogP contribution in [0.4, 0.5) is 0 Å². The molecule has 0 fully saturated rings. The Morgan fingerprint density at radius 2 is 2.33 bits per heavy atom. The normalized spacial score (nSPS) is 14.5. The lowest BCUT2D eigenvalue weighted by Crippen LogP contribution is -2.43. The van der Waals surface area contributed by atoms with Crippen LogP contribution in [0.1, 0.15) is 32.9 Å². The van der Waals surface area contributed by atoms with Crippen molar-refractivity contribution in [3.8, 4) is 0 Å². The van der Waals surface area contributed by atoms with Crippen molar-refractivity contribution in [3.63, 3.8) is 0 Å². The maximum atomic E-state index is 12.5. The van der Waals surface area contributed by atoms with E-state index in [-0.39, 0.29) is 12.5 Å². The quantitative estimate of drug-likeness (QED) is 0.798. The SMILES string of the molecule is CCOC(=O)C(CN)(Cc1cn2ccsc2n1)CC(C)C. The molecule has 2 aromatic rings. The number of nitrogens with two attached hydrogens (primary N) is 1. The van der Waals surface area contributed by atoms with Gasteiger partial charge in [-0.1, -0.05) is 13.8 Å². The Balaban J connectivity index is 2.29. The van der Waals surface area contributed by atoms with Gasteiger partial charge in [0.15, 0.2) is 4.96 Å². The van der Waals surface area contributed by atoms with Crippen LogP contribution in [0, 0.1) is 11.3 Å². The molecule has 21 heavy (non-hydrogen) atoms. The summed E-state index contributed by atoms with van der Waals surface area (Å²) in [6.07, 6.45) is 5.16. The minimum absolute atomic E-state index is 0.211. The molecule has 2 N–H and O–H groups in total. The molecule has 1 unspecified atom stereocenters. The molecule has 0 radical (unpaired) electrons. The number of thiazole rings is 1. The number of imidazole rings is 1. The van der Waals surface area contributed by atoms with E-state index in [2.05, 4.69) is 18.8 Å². The van der Waals surface area contributed by atoms with Gasteiger partial charge in [-0.25, -0.2) is 4.98 Å². The molecule has 5 nitrogen and oxygen atoms in total. The number of esters is 1. The van der Waals surface area contributed by atoms with Crippen LogP contribution in [0.15, 0.2) is 17.8 Å². The Bertz CT molecular complexity index is 576. The van der Waals surface area contributed by atoms with Gasteiger partial charge >= 0.3 is 5.97 Å². The van der Waals surface area contributed by atoms with E-state index < -0.39 is 5.41 Å². The Morgan fingerprint density at radius 1 is 1.57 bits per heavy atom. The highest BCUT2D eigenvalue weighted by Crippen LogP contribution is 2.32. The molecule has 2 aromatic heterocycles. The number of hydrogen-bond donors (Lipinski definition) is 1. The number of fused-ring (bicyclic) bond motifs is 1. The molecule has 0 saturated carbocycles. The minimum atomic E-state index is -0.686. The summed E-state index contributed by atoms with van der Waals surface area (Å²) in [5.74, 6) is 0.152. The second-order valence-electron chi connectivity index (χ2n) is 5.80. The molecule has 0 saturated heterocycles. The van der Waals surface area contributed by atoms with Gasteiger partial charge in [-0.2, -0.15) is 0 Å². The monoisotopic (exact) mass is 309 g/mol. The molecule has 116 valence electrons. The number of ether oxygens (including phenoxy) is 1. The van der Waals surface area contributed by atoms with Crippen molar-refractivity contribution >= 4 is 22.3 Å². The molecule has 0 aliphatic carbocycles. The third-order valence-electron chi connectivity index (χ3n) is 3.56. The second-order valence-corrected chi connectivity index (χ2v) is 6.68. The van der Waals surface area contributed by atoms with Gasteiger partial charge in [-0.05, 0) is 19.3 Å². The first kappa shape index (κ1) is 16.0. The van der Waals surface area contributed by atoms with Gasteiger partial charge in [0.1, 0.15) is 0 Å². The molecule has 0 bridgehead atoms. The third-order valence-corrected chi connectivity index (χ3v) is 4.33. The van der Waals surface area contributed by atoms with Crippen molar-refractivity contribution in [2.45, 2.75) is 33.6 Å². The zero-order chi connectivity index (χ0) is 15.5. The number of aromatic nitrogens is 2. The minimum Gasteiger partial charge on any atom is -0.466 e. The van der Waals surface area contributed by atoms with Gasteiger partial charge in [0, 0.05) is 30.7 Å². The van der Waals surface area contributed by atoms with Gasteiger partial charge < -0.3 is 10.5 Å². The van der Waals surface area contributed by atoms with Gasteiger partial charge in [-0.15, -0.1) is 11.3 Å². The highest BCUT2D eigenvalue weighted by atomic mass is 32.1. The van der Waals surface area contributed by atoms with Crippen LogP contribution in [0.2, 0.25) is 0 Å². The molecule has 0 aliphatic rings. The van der Waals surface area contributed by atoms with Gasteiger partial charge in [0.2, 0.25) is 0 Å². The van der Waals surface area contributed by atoms with E-state index in [1.807, 2.05) is 29.1 Å². The summed E-state index contributed by atoms with van der Waals surface area (Å²) in [5, 5.41) is 1.99. The van der Waals surface area contributed by atoms with Crippen LogP contribution in [0.5, 0.6) is 0 Å². The summed E-state index contributed by atoms with van der Waals surface area (Å²) in [6.45, 7) is 6.65. The average molecular weight is 309 g/mol. The summed E-state index contributed by atoms with van der Waals surface area (Å²) >= 11 is 1.58. The van der Waals surface area contributed by atoms with Crippen LogP contribution in [-0.4, -0.2) is 28.5 Å². The molecule has 1 atom stereocenters. The largest absolute Gasteiger partial charge is 0.466 e. The Morgan fingerprint density at radius 3 is 2.90 bits per heavy atom. The lowest BCUT2D eigenvalue weighted by Gasteiger charge is -2.31. The summed E-state index contributed by atoms with van der Waals surface area (Å²) < 4.78 is 7.25. The topological polar surface area (TPSA) is 69.6 Å². The van der Waals surface area contributed by atoms with Crippen molar-refractivity contribution in [2.75, 3.05) is 13.2 Å². The van der Waals surface area contributed by atoms with E-state index in [9.17, 15) is 4.79 Å². The van der Waals surface area contributed by atoms with Crippen molar-refractivity contribution < 1.29 is 9.53 Å². The Kier molecular flexibility index (Phi) is 5.00. The highest BCUT2D eigenvalue weighted by molar-refractivity contribution is 7.15. The van der Waals surface area contributed by atoms with Crippen LogP contribution in [0.25, 0.3) is 4.96 Å². The number of hydrogen-bond acceptors (Lipinski definition) is 5. The fourth-order valence-electron chi connectivity index (χ4n) is 2.74. The molecule has 0 amide bonds. The number of nitrogens with zero attached hydrogens (tertiary/aromatic N) is 2. The second kappa shape index (κ2) is 6.58. The van der Waals surface area contributed by atoms with Gasteiger partial charge in [0.05, 0.1) is 17.7 Å². The first-order valence-corrected chi connectivity index (χ1v) is 8.17. The molecular formula is C15H23N3O2S. The molecule has 2 rings (SSSR count). The van der Waals surface area contributed by atoms with E-state index in [0.717, 1.165) is 10.7 Å². The molecule has 0 aromatic carbocycles. The Labute approximate surface area is 129 Å². The van der Waals surface area contributed by atoms with E-state index in [0.29, 0.717) is 25.4 Å². The van der Waals surface area contributed by atoms with Crippen molar-refractivity contribution in [1.29, 1.82) is 0 Å². The van der Waals surface area contributed by atoms with Crippen molar-refractivity contribution in [3.05, 3.63) is 23.5 Å². The van der Waals surface area contributed by atoms with Crippen LogP contribution in [-0.2, 0) is 16.0 Å². The molecule has 6 heteroatoms. The maximum absolute atomic E-state index is 12.5. The fraction of sp³-hybridized carbons (Fsp3) is 0.600. The molecular weight excluding hydrogens is 286 g/mol. The predicted molar refractivity (Wildman–Crippen MR) is 84.3 cm³/mol. The lowest BCUT2D eigenvalue weighted by molar-refractivity contribution is -0.156. The number of carbonyl (C=O) groups is 1. The fourth-order valence-corrected chi connectivity index (χ4v) is 3.46. The summed E-state index contributed by atoms with van der Waals surface area (Å²) in [7, 11) is 0. The van der Waals surface area contributed by atoms with Crippen LogP contribution in [0.3, 0.4) is 0 Å². The Hall–Kier alpha value is -1.40. The van der Waals surface area contributed by atoms with E-state index >= 15 is 0 Å². The van der Waals surface area contributed by atoms with Crippen LogP contribution >= 0.6 is 11.3 Å². The summed E-state index contributed by atoms with van der Waals surface area (Å²) in [6, 6.07) is 0. The zero-order valence-corrected chi connectivity index (χ0v) is 13.7. The maximum Gasteiger partial charge on any atom is 0.313 e. The third kappa shape index (κ3) is 3.44. The molecule has 0 aliphatic heterocycles. The standard InChI is InChI=1S/C15H23N3O2S/c1-4-20-13(19)15(10-16,7-11(2)3)8-12-9-18-5-6-21-14(18)17-12/h5-6,9,11H,4,7-8,10,16H2,1-3H3. The predicted octanol–water partition coefficient (Wildman–Crippen LogP) is 2.49. The lowest BCUT2D eigenvalue weighted by atomic mass is 9.76. The number of carbonyl (C=O) groups excluding carboxylic acids is 1. The van der Waals surface area contributed by atoms with Gasteiger partial charge in [-0.3, -0.25) is 9.20 Å². The molecule has 0 spiro atoms. The zero-order valence-electron chi connectivity index (χ0n) is 12.8. The molecule has 2 heterocycles. The highest BCUT2D eigenvalue weighted by Gasteiger charge is 2.40. The summed E-state index contributed by atoms with van der Waals surface area (Å²) in [4.78, 5) is 18.0. The van der Waals surface area contributed by atoms with E-state index in [1.165, 1.54) is 0 Å². The van der Waals surface area contributed by atoms with E-state index in [1.54, 1.807) is 11.3 Å². The average Bonchev–Trinajstić information content (AvgIpc) is 2.98. The van der Waals surface area contributed by atoms with Crippen molar-refractivity contribution in [1.82, 2.24) is 9.38 Å². The summed E-state index contributed by atoms with van der Waals surface area (Å²) in [5.41, 5.74) is 6.18. The van der Waals surface area contributed by atoms with E-state index in [4.69, 9.17) is 10.5 Å². The van der Waals surface area contributed by atoms with Crippen molar-refractivity contribution in [2.24, 2.45) is 17.1 Å². The van der Waals surface area contributed by atoms with Crippen LogP contribution < -0.4 is 5.73 Å².